The van der Waals surface area contributed by atoms with Gasteiger partial charge in [0.1, 0.15) is 0 Å². The number of ketones is 1. The quantitative estimate of drug-likeness (QED) is 0.490. The smallest absolute Gasteiger partial charge is 0.309 e. The second-order valence-electron chi connectivity index (χ2n) is 8.28. The maximum atomic E-state index is 12.7. The number of carbonyl (C=O) groups is 3. The summed E-state index contributed by atoms with van der Waals surface area (Å²) in [7, 11) is -3.41. The van der Waals surface area contributed by atoms with Crippen molar-refractivity contribution in [1.82, 2.24) is 4.90 Å². The largest absolute Gasteiger partial charge is 0.454 e. The summed E-state index contributed by atoms with van der Waals surface area (Å²) in [5, 5.41) is 0. The van der Waals surface area contributed by atoms with E-state index in [4.69, 9.17) is 4.74 Å². The van der Waals surface area contributed by atoms with Gasteiger partial charge in [0.05, 0.1) is 12.2 Å². The van der Waals surface area contributed by atoms with E-state index >= 15 is 0 Å². The number of amides is 1. The van der Waals surface area contributed by atoms with Gasteiger partial charge < -0.3 is 9.64 Å². The molecule has 8 nitrogen and oxygen atoms in total. The van der Waals surface area contributed by atoms with Crippen molar-refractivity contribution in [3.8, 4) is 0 Å². The van der Waals surface area contributed by atoms with Gasteiger partial charge in [-0.05, 0) is 62.6 Å². The molecule has 1 heterocycles. The third-order valence-electron chi connectivity index (χ3n) is 5.63. The fourth-order valence-corrected chi connectivity index (χ4v) is 4.34. The fourth-order valence-electron chi connectivity index (χ4n) is 3.78. The van der Waals surface area contributed by atoms with Crippen LogP contribution in [0.4, 0.5) is 5.69 Å². The number of carbonyl (C=O) groups excluding carboxylic acids is 3. The molecule has 0 aromatic heterocycles. The number of benzene rings is 2. The number of nitrogens with zero attached hydrogens (tertiary/aromatic N) is 1. The zero-order valence-electron chi connectivity index (χ0n) is 18.9. The van der Waals surface area contributed by atoms with Gasteiger partial charge in [-0.15, -0.1) is 0 Å². The number of rotatable bonds is 7. The molecule has 0 saturated carbocycles. The highest BCUT2D eigenvalue weighted by atomic mass is 32.2. The van der Waals surface area contributed by atoms with Crippen molar-refractivity contribution in [3.05, 3.63) is 65.2 Å². The van der Waals surface area contributed by atoms with Crippen LogP contribution < -0.4 is 4.72 Å². The maximum absolute atomic E-state index is 12.7. The number of Topliss-reactive ketones (excluding diaryl/α,β-unsaturated/α-hetero) is 1. The minimum atomic E-state index is -3.41. The molecular weight excluding hydrogens is 444 g/mol. The normalized spacial score (nSPS) is 15.5. The SMILES string of the molecule is Cc1ccccc1C(=O)N1CCC(C(=O)O[C@H](C)C(=O)c2ccc(NS(C)(=O)=O)cc2)CC1. The molecule has 1 atom stereocenters. The lowest BCUT2D eigenvalue weighted by atomic mass is 9.96. The Hall–Kier alpha value is -3.20. The lowest BCUT2D eigenvalue weighted by Gasteiger charge is -2.31. The summed E-state index contributed by atoms with van der Waals surface area (Å²) < 4.78 is 30.3. The molecule has 0 aliphatic carbocycles. The van der Waals surface area contributed by atoms with E-state index in [9.17, 15) is 22.8 Å². The number of nitrogens with one attached hydrogen (secondary N) is 1. The Labute approximate surface area is 194 Å². The number of hydrogen-bond acceptors (Lipinski definition) is 6. The highest BCUT2D eigenvalue weighted by Gasteiger charge is 2.31. The Morgan fingerprint density at radius 1 is 1.03 bits per heavy atom. The first-order chi connectivity index (χ1) is 15.5. The molecule has 2 aromatic rings. The van der Waals surface area contributed by atoms with Gasteiger partial charge in [0, 0.05) is 29.9 Å². The van der Waals surface area contributed by atoms with Crippen molar-refractivity contribution >= 4 is 33.4 Å². The fraction of sp³-hybridized carbons (Fsp3) is 0.375. The predicted molar refractivity (Wildman–Crippen MR) is 125 cm³/mol. The highest BCUT2D eigenvalue weighted by molar-refractivity contribution is 7.92. The van der Waals surface area contributed by atoms with Gasteiger partial charge in [-0.3, -0.25) is 19.1 Å². The molecule has 1 fully saturated rings. The van der Waals surface area contributed by atoms with E-state index in [1.165, 1.54) is 31.2 Å². The molecule has 0 unspecified atom stereocenters. The number of hydrogen-bond donors (Lipinski definition) is 1. The zero-order valence-corrected chi connectivity index (χ0v) is 19.7. The Morgan fingerprint density at radius 3 is 2.21 bits per heavy atom. The molecule has 0 radical (unpaired) electrons. The maximum Gasteiger partial charge on any atom is 0.309 e. The molecule has 33 heavy (non-hydrogen) atoms. The van der Waals surface area contributed by atoms with Gasteiger partial charge >= 0.3 is 5.97 Å². The van der Waals surface area contributed by atoms with Gasteiger partial charge in [0.2, 0.25) is 15.8 Å². The van der Waals surface area contributed by atoms with E-state index < -0.39 is 22.1 Å². The lowest BCUT2D eigenvalue weighted by Crippen LogP contribution is -2.41. The van der Waals surface area contributed by atoms with Crippen LogP contribution in [-0.2, 0) is 19.6 Å². The second-order valence-corrected chi connectivity index (χ2v) is 10.0. The minimum absolute atomic E-state index is 0.0442. The topological polar surface area (TPSA) is 110 Å². The molecule has 0 spiro atoms. The molecule has 1 aliphatic heterocycles. The zero-order chi connectivity index (χ0) is 24.2. The van der Waals surface area contributed by atoms with Crippen LogP contribution in [0.3, 0.4) is 0 Å². The van der Waals surface area contributed by atoms with Crippen LogP contribution in [-0.4, -0.2) is 56.4 Å². The molecule has 3 rings (SSSR count). The number of anilines is 1. The van der Waals surface area contributed by atoms with E-state index in [1.807, 2.05) is 25.1 Å². The Bertz CT molecular complexity index is 1140. The number of esters is 1. The molecule has 9 heteroatoms. The van der Waals surface area contributed by atoms with Crippen molar-refractivity contribution < 1.29 is 27.5 Å². The van der Waals surface area contributed by atoms with Crippen LogP contribution >= 0.6 is 0 Å². The van der Waals surface area contributed by atoms with Crippen molar-refractivity contribution in [2.75, 3.05) is 24.1 Å². The van der Waals surface area contributed by atoms with E-state index in [0.717, 1.165) is 11.8 Å². The summed E-state index contributed by atoms with van der Waals surface area (Å²) in [5.74, 6) is -1.24. The van der Waals surface area contributed by atoms with Crippen molar-refractivity contribution in [1.29, 1.82) is 0 Å². The molecule has 0 bridgehead atoms. The average Bonchev–Trinajstić information content (AvgIpc) is 2.78. The first kappa shape index (κ1) is 24.4. The summed E-state index contributed by atoms with van der Waals surface area (Å²) in [6, 6.07) is 13.3. The standard InChI is InChI=1S/C24H28N2O6S/c1-16-6-4-5-7-21(16)23(28)26-14-12-19(13-15-26)24(29)32-17(2)22(27)18-8-10-20(11-9-18)25-33(3,30)31/h4-11,17,19,25H,12-15H2,1-3H3/t17-/m1/s1. The molecule has 1 saturated heterocycles. The first-order valence-electron chi connectivity index (χ1n) is 10.7. The summed E-state index contributed by atoms with van der Waals surface area (Å²) in [5.41, 5.74) is 2.23. The minimum Gasteiger partial charge on any atom is -0.454 e. The lowest BCUT2D eigenvalue weighted by molar-refractivity contribution is -0.152. The average molecular weight is 473 g/mol. The van der Waals surface area contributed by atoms with Crippen LogP contribution in [0.15, 0.2) is 48.5 Å². The molecule has 2 aromatic carbocycles. The van der Waals surface area contributed by atoms with Gasteiger partial charge in [-0.1, -0.05) is 18.2 Å². The number of sulfonamides is 1. The number of piperidine rings is 1. The van der Waals surface area contributed by atoms with Crippen LogP contribution in [0.5, 0.6) is 0 Å². The Balaban J connectivity index is 1.52. The van der Waals surface area contributed by atoms with E-state index in [2.05, 4.69) is 4.72 Å². The second kappa shape index (κ2) is 10.2. The molecule has 176 valence electrons. The molecular formula is C24H28N2O6S. The monoisotopic (exact) mass is 472 g/mol. The summed E-state index contributed by atoms with van der Waals surface area (Å²) in [4.78, 5) is 39.7. The van der Waals surface area contributed by atoms with Crippen molar-refractivity contribution in [3.63, 3.8) is 0 Å². The predicted octanol–water partition coefficient (Wildman–Crippen LogP) is 3.03. The molecule has 1 N–H and O–H groups in total. The molecule has 1 amide bonds. The van der Waals surface area contributed by atoms with Crippen LogP contribution in [0.2, 0.25) is 0 Å². The van der Waals surface area contributed by atoms with Gasteiger partial charge in [-0.25, -0.2) is 8.42 Å². The van der Waals surface area contributed by atoms with E-state index in [0.29, 0.717) is 42.7 Å². The third-order valence-corrected chi connectivity index (χ3v) is 6.23. The van der Waals surface area contributed by atoms with E-state index in [-0.39, 0.29) is 17.6 Å². The number of ether oxygens (including phenoxy) is 1. The first-order valence-corrected chi connectivity index (χ1v) is 12.6. The third kappa shape index (κ3) is 6.41. The Morgan fingerprint density at radius 2 is 1.64 bits per heavy atom. The summed E-state index contributed by atoms with van der Waals surface area (Å²) >= 11 is 0. The van der Waals surface area contributed by atoms with Gasteiger partial charge in [0.15, 0.2) is 6.10 Å². The Kier molecular flexibility index (Phi) is 7.53. The van der Waals surface area contributed by atoms with E-state index in [1.54, 1.807) is 11.0 Å². The van der Waals surface area contributed by atoms with Gasteiger partial charge in [0.25, 0.3) is 5.91 Å². The van der Waals surface area contributed by atoms with Crippen LogP contribution in [0, 0.1) is 12.8 Å². The number of aryl methyl sites for hydroxylation is 1. The summed E-state index contributed by atoms with van der Waals surface area (Å²) in [6.07, 6.45) is 1.02. The van der Waals surface area contributed by atoms with Crippen LogP contribution in [0.1, 0.15) is 46.0 Å². The highest BCUT2D eigenvalue weighted by Crippen LogP contribution is 2.22. The van der Waals surface area contributed by atoms with Crippen LogP contribution in [0.25, 0.3) is 0 Å². The van der Waals surface area contributed by atoms with Gasteiger partial charge in [-0.2, -0.15) is 0 Å². The number of likely N-dealkylation sites (tertiary alicyclic amines) is 1. The summed E-state index contributed by atoms with van der Waals surface area (Å²) in [6.45, 7) is 4.30. The molecule has 1 aliphatic rings. The van der Waals surface area contributed by atoms with Crippen molar-refractivity contribution in [2.45, 2.75) is 32.8 Å². The van der Waals surface area contributed by atoms with Crippen molar-refractivity contribution in [2.24, 2.45) is 5.92 Å².